The molecule has 2 heterocycles. The number of amides is 4. The monoisotopic (exact) mass is 580 g/mol. The van der Waals surface area contributed by atoms with Crippen LogP contribution in [0.5, 0.6) is 5.75 Å². The van der Waals surface area contributed by atoms with Crippen LogP contribution in [0.4, 0.5) is 16.4 Å². The largest absolute Gasteiger partial charge is 0.494 e. The fraction of sp³-hybridized carbons (Fsp3) is 0.194. The lowest BCUT2D eigenvalue weighted by molar-refractivity contribution is 0.0995. The second-order valence-corrected chi connectivity index (χ2v) is 9.77. The maximum absolute atomic E-state index is 13.2. The van der Waals surface area contributed by atoms with Crippen LogP contribution < -0.4 is 26.4 Å². The summed E-state index contributed by atoms with van der Waals surface area (Å²) >= 11 is 0. The van der Waals surface area contributed by atoms with Gasteiger partial charge in [0.05, 0.1) is 18.3 Å². The van der Waals surface area contributed by atoms with Crippen molar-refractivity contribution in [3.8, 4) is 5.75 Å². The molecule has 0 fully saturated rings. The molecule has 0 aliphatic heterocycles. The van der Waals surface area contributed by atoms with Crippen molar-refractivity contribution in [3.63, 3.8) is 0 Å². The third-order valence-corrected chi connectivity index (χ3v) is 6.81. The number of rotatable bonds is 10. The van der Waals surface area contributed by atoms with Crippen LogP contribution in [-0.2, 0) is 13.1 Å². The Morgan fingerprint density at radius 2 is 1.79 bits per heavy atom. The number of carbonyl (C=O) groups is 3. The Balaban J connectivity index is 1.33. The average Bonchev–Trinajstić information content (AvgIpc) is 3.55. The van der Waals surface area contributed by atoms with Gasteiger partial charge in [-0.15, -0.1) is 0 Å². The van der Waals surface area contributed by atoms with E-state index in [0.717, 1.165) is 10.8 Å². The van der Waals surface area contributed by atoms with Gasteiger partial charge in [0.25, 0.3) is 5.91 Å². The molecule has 0 unspecified atom stereocenters. The minimum atomic E-state index is -0.629. The van der Waals surface area contributed by atoms with E-state index in [9.17, 15) is 14.4 Å². The van der Waals surface area contributed by atoms with Gasteiger partial charge in [-0.05, 0) is 55.0 Å². The molecule has 4 amide bonds. The molecule has 0 aliphatic carbocycles. The highest BCUT2D eigenvalue weighted by atomic mass is 16.5. The van der Waals surface area contributed by atoms with Crippen LogP contribution in [0.15, 0.2) is 72.8 Å². The van der Waals surface area contributed by atoms with E-state index in [4.69, 9.17) is 10.5 Å². The number of ether oxygens (including phenoxy) is 1. The predicted molar refractivity (Wildman–Crippen MR) is 166 cm³/mol. The molecule has 5 aromatic rings. The lowest BCUT2D eigenvalue weighted by Crippen LogP contribution is -2.28. The second-order valence-electron chi connectivity index (χ2n) is 9.77. The van der Waals surface area contributed by atoms with Crippen LogP contribution in [-0.4, -0.2) is 50.8 Å². The number of imidazole rings is 1. The molecule has 12 nitrogen and oxygen atoms in total. The highest BCUT2D eigenvalue weighted by Gasteiger charge is 2.21. The molecular weight excluding hydrogens is 548 g/mol. The number of allylic oxidation sites excluding steroid dienone is 1. The number of aryl methyl sites for hydroxylation is 2. The summed E-state index contributed by atoms with van der Waals surface area (Å²) in [7, 11) is 1.48. The molecule has 5 N–H and O–H groups in total. The number of primary amides is 1. The number of anilines is 2. The van der Waals surface area contributed by atoms with E-state index in [-0.39, 0.29) is 36.5 Å². The number of nitrogens with zero attached hydrogens (tertiary/aromatic N) is 4. The molecule has 0 bridgehead atoms. The van der Waals surface area contributed by atoms with E-state index in [1.54, 1.807) is 27.5 Å². The van der Waals surface area contributed by atoms with E-state index >= 15 is 0 Å². The van der Waals surface area contributed by atoms with Crippen LogP contribution >= 0.6 is 0 Å². The van der Waals surface area contributed by atoms with Crippen molar-refractivity contribution in [2.24, 2.45) is 5.73 Å². The van der Waals surface area contributed by atoms with Gasteiger partial charge in [0, 0.05) is 30.9 Å². The van der Waals surface area contributed by atoms with Gasteiger partial charge < -0.3 is 25.7 Å². The number of carbonyl (C=O) groups excluding carboxylic acids is 3. The second kappa shape index (κ2) is 12.5. The Morgan fingerprint density at radius 3 is 2.53 bits per heavy atom. The Hall–Kier alpha value is -5.65. The van der Waals surface area contributed by atoms with Crippen molar-refractivity contribution in [2.75, 3.05) is 24.3 Å². The molecule has 220 valence electrons. The highest BCUT2D eigenvalue weighted by molar-refractivity contribution is 6.04. The summed E-state index contributed by atoms with van der Waals surface area (Å²) in [6, 6.07) is 18.1. The first-order chi connectivity index (χ1) is 20.8. The number of nitrogens with one attached hydrogen (secondary N) is 3. The third-order valence-electron chi connectivity index (χ3n) is 6.81. The van der Waals surface area contributed by atoms with Crippen molar-refractivity contribution in [1.29, 1.82) is 0 Å². The molecule has 0 atom stereocenters. The number of urea groups is 1. The maximum Gasteiger partial charge on any atom is 0.319 e. The van der Waals surface area contributed by atoms with Crippen molar-refractivity contribution in [1.82, 2.24) is 24.6 Å². The zero-order valence-corrected chi connectivity index (χ0v) is 24.0. The summed E-state index contributed by atoms with van der Waals surface area (Å²) in [5.74, 6) is -0.400. The summed E-state index contributed by atoms with van der Waals surface area (Å²) in [6.45, 7) is 4.77. The lowest BCUT2D eigenvalue weighted by atomic mass is 10.1. The first-order valence-corrected chi connectivity index (χ1v) is 13.7. The molecule has 2 aromatic heterocycles. The van der Waals surface area contributed by atoms with Crippen LogP contribution in [0.25, 0.3) is 21.8 Å². The summed E-state index contributed by atoms with van der Waals surface area (Å²) in [6.07, 6.45) is 3.62. The Kier molecular flexibility index (Phi) is 8.37. The molecule has 0 saturated carbocycles. The van der Waals surface area contributed by atoms with Crippen LogP contribution in [0.3, 0.4) is 0 Å². The normalized spacial score (nSPS) is 11.2. The summed E-state index contributed by atoms with van der Waals surface area (Å²) in [5, 5.41) is 15.0. The lowest BCUT2D eigenvalue weighted by Gasteiger charge is -2.11. The van der Waals surface area contributed by atoms with E-state index in [0.29, 0.717) is 40.4 Å². The van der Waals surface area contributed by atoms with Crippen LogP contribution in [0, 0.1) is 6.92 Å². The van der Waals surface area contributed by atoms with Crippen LogP contribution in [0.2, 0.25) is 0 Å². The molecule has 5 rings (SSSR count). The fourth-order valence-corrected chi connectivity index (χ4v) is 4.79. The number of hydrogen-bond acceptors (Lipinski definition) is 6. The first kappa shape index (κ1) is 28.9. The Bertz CT molecular complexity index is 1870. The summed E-state index contributed by atoms with van der Waals surface area (Å²) in [5.41, 5.74) is 8.52. The zero-order valence-electron chi connectivity index (χ0n) is 24.0. The number of hydrogen-bond donors (Lipinski definition) is 4. The SMILES string of the molecule is CCn1nc(C)cc1C(=O)Nc1nc2cc(C(N)=O)cc(OC)c2n1C/C=C/CNC(=O)Nc1ccc2ccccc2c1. The minimum Gasteiger partial charge on any atom is -0.494 e. The van der Waals surface area contributed by atoms with E-state index in [1.807, 2.05) is 62.4 Å². The minimum absolute atomic E-state index is 0.226. The third kappa shape index (κ3) is 6.32. The van der Waals surface area contributed by atoms with Crippen molar-refractivity contribution in [3.05, 3.63) is 89.8 Å². The topological polar surface area (TPSA) is 158 Å². The zero-order chi connectivity index (χ0) is 30.5. The summed E-state index contributed by atoms with van der Waals surface area (Å²) < 4.78 is 8.92. The molecule has 12 heteroatoms. The molecule has 0 saturated heterocycles. The van der Waals surface area contributed by atoms with Gasteiger partial charge in [-0.1, -0.05) is 42.5 Å². The van der Waals surface area contributed by atoms with Crippen molar-refractivity contribution >= 4 is 51.3 Å². The van der Waals surface area contributed by atoms with Gasteiger partial charge in [0.15, 0.2) is 0 Å². The first-order valence-electron chi connectivity index (χ1n) is 13.7. The van der Waals surface area contributed by atoms with Gasteiger partial charge in [-0.25, -0.2) is 9.78 Å². The van der Waals surface area contributed by atoms with Gasteiger partial charge in [-0.2, -0.15) is 5.10 Å². The van der Waals surface area contributed by atoms with Gasteiger partial charge in [0.2, 0.25) is 11.9 Å². The predicted octanol–water partition coefficient (Wildman–Crippen LogP) is 4.45. The molecule has 3 aromatic carbocycles. The standard InChI is InChI=1S/C31H32N8O4/c1-4-39-25(15-19(2)37-39)29(41)36-30-35-24-17-22(28(32)40)18-26(43-3)27(24)38(30)14-8-7-13-33-31(42)34-23-12-11-20-9-5-6-10-21(20)16-23/h5-12,15-18H,4,13-14H2,1-3H3,(H2,32,40)(H2,33,34,42)(H,35,36,41)/b8-7+. The Labute approximate surface area is 247 Å². The van der Waals surface area contributed by atoms with Gasteiger partial charge >= 0.3 is 6.03 Å². The van der Waals surface area contributed by atoms with Crippen molar-refractivity contribution in [2.45, 2.75) is 26.9 Å². The number of fused-ring (bicyclic) bond motifs is 2. The van der Waals surface area contributed by atoms with E-state index < -0.39 is 5.91 Å². The molecule has 0 radical (unpaired) electrons. The number of benzene rings is 3. The Morgan fingerprint density at radius 1 is 1.00 bits per heavy atom. The number of methoxy groups -OCH3 is 1. The van der Waals surface area contributed by atoms with Crippen LogP contribution in [0.1, 0.15) is 33.5 Å². The molecule has 43 heavy (non-hydrogen) atoms. The quantitative estimate of drug-likeness (QED) is 0.179. The molecule has 0 aliphatic rings. The average molecular weight is 581 g/mol. The summed E-state index contributed by atoms with van der Waals surface area (Å²) in [4.78, 5) is 42.2. The number of nitrogens with two attached hydrogens (primary N) is 1. The fourth-order valence-electron chi connectivity index (χ4n) is 4.79. The van der Waals surface area contributed by atoms with E-state index in [2.05, 4.69) is 26.0 Å². The maximum atomic E-state index is 13.2. The van der Waals surface area contributed by atoms with Gasteiger partial charge in [-0.3, -0.25) is 19.6 Å². The molecular formula is C31H32N8O4. The van der Waals surface area contributed by atoms with Crippen molar-refractivity contribution < 1.29 is 19.1 Å². The number of aromatic nitrogens is 4. The van der Waals surface area contributed by atoms with Gasteiger partial charge in [0.1, 0.15) is 17.0 Å². The van der Waals surface area contributed by atoms with E-state index in [1.165, 1.54) is 13.2 Å². The smallest absolute Gasteiger partial charge is 0.319 e. The highest BCUT2D eigenvalue weighted by Crippen LogP contribution is 2.31. The molecule has 0 spiro atoms.